The van der Waals surface area contributed by atoms with Crippen molar-refractivity contribution in [2.24, 2.45) is 16.6 Å². The van der Waals surface area contributed by atoms with Gasteiger partial charge in [0.15, 0.2) is 11.6 Å². The number of benzene rings is 4. The molecule has 6 fully saturated rings. The number of β-amino-alcohol motifs (C(OH)–C–C–N with tert-alkyl or cyclic N) is 2. The molecule has 4 aromatic heterocycles. The van der Waals surface area contributed by atoms with Crippen LogP contribution < -0.4 is 43.0 Å². The number of aromatic nitrogens is 6. The smallest absolute Gasteiger partial charge is 0.329 e. The third kappa shape index (κ3) is 31.8. The molecule has 6 saturated heterocycles. The average molecular weight is 2030 g/mol. The van der Waals surface area contributed by atoms with E-state index < -0.39 is 65.0 Å². The number of halogens is 1. The molecule has 4 aromatic carbocycles. The quantitative estimate of drug-likeness (QED) is 0.0159. The molecule has 0 radical (unpaired) electrons. The van der Waals surface area contributed by atoms with Crippen molar-refractivity contribution in [1.82, 2.24) is 65.9 Å². The molecule has 0 saturated carbocycles. The highest BCUT2D eigenvalue weighted by Gasteiger charge is 2.48. The number of carboxylic acids is 1. The number of phenolic OH excluding ortho intramolecular Hbond substituents is 2. The van der Waals surface area contributed by atoms with E-state index in [2.05, 4.69) is 65.9 Å². The molecule has 8 atom stereocenters. The van der Waals surface area contributed by atoms with Crippen molar-refractivity contribution >= 4 is 93.6 Å². The second-order valence-electron chi connectivity index (χ2n) is 39.2. The zero-order valence-electron chi connectivity index (χ0n) is 83.4. The number of likely N-dealkylation sites (tertiary alicyclic amines) is 2. The number of phenols is 2. The lowest BCUT2D eigenvalue weighted by atomic mass is 9.85. The number of hydrogen-bond acceptors (Lipinski definition) is 33. The Morgan fingerprint density at radius 2 is 0.894 bits per heavy atom. The van der Waals surface area contributed by atoms with Crippen LogP contribution in [0.1, 0.15) is 154 Å². The van der Waals surface area contributed by atoms with Gasteiger partial charge in [0.25, 0.3) is 0 Å². The summed E-state index contributed by atoms with van der Waals surface area (Å²) in [6.45, 7) is 33.0. The Kier molecular flexibility index (Phi) is 42.2. The number of anilines is 4. The SMILES string of the molecule is Cc1ncsc1-c1ccc([C@H](C)NC(=O)[C@@H]2C[C@@H](O)CN2C(=O)[C@@H](N)C(C)(C)C)cc1.Cc1ncsc1-c1ccc([C@H](C)NC(=O)[C@@H]2C[C@@H](O)CN2C(=O)[C@@H](NC(=O)COCCOCCOCCCCN2CCOC3(CCN(c4cc(-c5ccccc5O)nnc4N)CC3)C2)C(C)(C)C)cc1.Cl.Nc1nnc(-c2ccccc2O)cc1N1CCC2(CC1)CN(CCCCOCCOCCOCC(=O)O)CCO2. The molecule has 8 aromatic rings. The normalized spacial score (nSPS) is 19.0. The summed E-state index contributed by atoms with van der Waals surface area (Å²) in [5.41, 5.74) is 30.9. The van der Waals surface area contributed by atoms with E-state index in [0.29, 0.717) is 87.0 Å². The fourth-order valence-electron chi connectivity index (χ4n) is 18.3. The minimum Gasteiger partial charge on any atom is -0.507 e. The van der Waals surface area contributed by atoms with E-state index in [1.807, 2.05) is 165 Å². The maximum atomic E-state index is 14.0. The molecule has 37 nitrogen and oxygen atoms in total. The molecule has 2 spiro atoms. The maximum absolute atomic E-state index is 14.0. The van der Waals surface area contributed by atoms with Crippen molar-refractivity contribution in [3.63, 3.8) is 0 Å². The van der Waals surface area contributed by atoms with Crippen molar-refractivity contribution in [2.75, 3.05) is 192 Å². The largest absolute Gasteiger partial charge is 0.507 e. The molecule has 776 valence electrons. The van der Waals surface area contributed by atoms with E-state index in [4.69, 9.17) is 60.2 Å². The van der Waals surface area contributed by atoms with Gasteiger partial charge in [-0.3, -0.25) is 33.8 Å². The number of carbonyl (C=O) groups is 6. The molecule has 142 heavy (non-hydrogen) atoms. The molecule has 6 aliphatic rings. The van der Waals surface area contributed by atoms with E-state index in [1.165, 1.54) is 9.80 Å². The fraction of sp³-hybridized carbons (Fsp3) is 0.569. The van der Waals surface area contributed by atoms with Gasteiger partial charge in [-0.15, -0.1) is 55.5 Å². The van der Waals surface area contributed by atoms with Gasteiger partial charge in [0, 0.05) is 103 Å². The zero-order valence-corrected chi connectivity index (χ0v) is 85.8. The third-order valence-corrected chi connectivity index (χ3v) is 28.5. The Morgan fingerprint density at radius 1 is 0.507 bits per heavy atom. The number of nitrogens with one attached hydrogen (secondary N) is 3. The number of ether oxygens (including phenoxy) is 8. The summed E-state index contributed by atoms with van der Waals surface area (Å²) in [6.07, 6.45) is 6.23. The molecule has 0 unspecified atom stereocenters. The number of aliphatic hydroxyl groups excluding tert-OH is 2. The number of rotatable bonds is 41. The summed E-state index contributed by atoms with van der Waals surface area (Å²) in [5, 5.41) is 75.5. The number of hydrogen-bond donors (Lipinski definition) is 11. The summed E-state index contributed by atoms with van der Waals surface area (Å²) >= 11 is 3.18. The van der Waals surface area contributed by atoms with Crippen LogP contribution in [0, 0.1) is 24.7 Å². The Morgan fingerprint density at radius 3 is 1.27 bits per heavy atom. The van der Waals surface area contributed by atoms with E-state index in [0.717, 1.165) is 178 Å². The lowest BCUT2D eigenvalue weighted by Gasteiger charge is -2.48. The van der Waals surface area contributed by atoms with Crippen molar-refractivity contribution in [1.29, 1.82) is 0 Å². The van der Waals surface area contributed by atoms with Gasteiger partial charge in [0.1, 0.15) is 42.8 Å². The predicted octanol–water partition coefficient (Wildman–Crippen LogP) is 9.80. The summed E-state index contributed by atoms with van der Waals surface area (Å²) in [4.78, 5) is 100. The number of aromatic hydroxyl groups is 2. The van der Waals surface area contributed by atoms with Gasteiger partial charge >= 0.3 is 5.97 Å². The number of carbonyl (C=O) groups excluding carboxylic acids is 5. The number of unbranched alkanes of at least 4 members (excludes halogenated alkanes) is 2. The number of para-hydroxylation sites is 2. The van der Waals surface area contributed by atoms with Crippen LogP contribution >= 0.6 is 35.1 Å². The Hall–Kier alpha value is -10.3. The number of morpholine rings is 2. The van der Waals surface area contributed by atoms with E-state index in [1.54, 1.807) is 46.9 Å². The highest BCUT2D eigenvalue weighted by atomic mass is 35.5. The average Bonchev–Trinajstić information content (AvgIpc) is 0.915. The molecular formula is C102H145ClN18O19S2. The number of thiazole rings is 2. The van der Waals surface area contributed by atoms with Crippen LogP contribution in [0.25, 0.3) is 43.4 Å². The van der Waals surface area contributed by atoms with Crippen LogP contribution in [0.15, 0.2) is 120 Å². The fourth-order valence-corrected chi connectivity index (χ4v) is 20.0. The summed E-state index contributed by atoms with van der Waals surface area (Å²) in [5.74, 6) is -1.75. The van der Waals surface area contributed by atoms with Gasteiger partial charge in [-0.25, -0.2) is 14.8 Å². The number of carboxylic acid groups (broad SMARTS) is 1. The molecule has 10 heterocycles. The first kappa shape index (κ1) is 112. The maximum Gasteiger partial charge on any atom is 0.329 e. The van der Waals surface area contributed by atoms with Gasteiger partial charge in [-0.05, 0) is 162 Å². The first-order chi connectivity index (χ1) is 67.5. The predicted molar refractivity (Wildman–Crippen MR) is 547 cm³/mol. The Labute approximate surface area is 846 Å². The number of aliphatic carboxylic acids is 1. The molecule has 0 bridgehead atoms. The summed E-state index contributed by atoms with van der Waals surface area (Å²) in [6, 6.07) is 30.1. The summed E-state index contributed by atoms with van der Waals surface area (Å²) in [7, 11) is 0. The molecule has 0 aliphatic carbocycles. The van der Waals surface area contributed by atoms with Crippen LogP contribution in [0.3, 0.4) is 0 Å². The first-order valence-electron chi connectivity index (χ1n) is 48.9. The molecule has 6 aliphatic heterocycles. The minimum absolute atomic E-state index is 0. The van der Waals surface area contributed by atoms with Crippen LogP contribution in [0.2, 0.25) is 0 Å². The van der Waals surface area contributed by atoms with E-state index in [-0.39, 0.29) is 124 Å². The zero-order chi connectivity index (χ0) is 101. The minimum atomic E-state index is -0.980. The highest BCUT2D eigenvalue weighted by Crippen LogP contribution is 2.41. The van der Waals surface area contributed by atoms with E-state index in [9.17, 15) is 49.2 Å². The second kappa shape index (κ2) is 53.5. The molecular weight excluding hydrogens is 1880 g/mol. The molecule has 5 amide bonds. The number of aryl methyl sites for hydroxylation is 2. The van der Waals surface area contributed by atoms with Gasteiger partial charge in [-0.2, -0.15) is 0 Å². The number of nitrogen functional groups attached to an aromatic ring is 2. The van der Waals surface area contributed by atoms with Crippen molar-refractivity contribution in [2.45, 2.75) is 193 Å². The van der Waals surface area contributed by atoms with Crippen molar-refractivity contribution in [3.8, 4) is 54.9 Å². The summed E-state index contributed by atoms with van der Waals surface area (Å²) < 4.78 is 45.7. The molecule has 14 N–H and O–H groups in total. The van der Waals surface area contributed by atoms with Crippen LogP contribution in [-0.2, 0) is 66.7 Å². The van der Waals surface area contributed by atoms with Crippen LogP contribution in [-0.4, -0.2) is 330 Å². The topological polar surface area (TPSA) is 488 Å². The Bertz CT molecular complexity index is 5350. The van der Waals surface area contributed by atoms with Gasteiger partial charge in [-0.1, -0.05) is 114 Å². The number of amides is 5. The monoisotopic (exact) mass is 2030 g/mol. The van der Waals surface area contributed by atoms with Gasteiger partial charge < -0.3 is 116 Å². The Balaban J connectivity index is 0.000000225. The van der Waals surface area contributed by atoms with E-state index >= 15 is 0 Å². The van der Waals surface area contributed by atoms with Crippen molar-refractivity contribution in [3.05, 3.63) is 143 Å². The molecule has 14 rings (SSSR count). The number of aliphatic hydroxyl groups is 2. The number of piperidine rings is 2. The number of nitrogens with two attached hydrogens (primary N) is 3. The third-order valence-electron chi connectivity index (χ3n) is 26.5. The van der Waals surface area contributed by atoms with Crippen molar-refractivity contribution < 1.29 is 92.2 Å². The second-order valence-corrected chi connectivity index (χ2v) is 40.9. The first-order valence-corrected chi connectivity index (χ1v) is 50.7. The molecule has 40 heteroatoms. The van der Waals surface area contributed by atoms with Gasteiger partial charge in [0.2, 0.25) is 29.5 Å². The van der Waals surface area contributed by atoms with Gasteiger partial charge in [0.05, 0.1) is 163 Å². The standard InChI is InChI=1S/C51H71N9O9S.C28H41N5O7.C23H32N4O3S.ClH/c1-34(36-12-14-37(15-13-36)45-35(2)53-33-70-45)54-48(64)42-28-38(61)30-60(42)49(65)46(50(3,4)5)55-44(63)31-68-27-26-67-25-24-66-22-9-8-18-58-21-23-69-51(32-58)16-19-59(20-17-51)41-29-40(56-57-47(41)52)39-10-6-7-11-43(39)62;29-27-24(19-23(30-31-27)22-5-1-2-6-25(22)34)33-10-7-28(8-11-33)21-32(12-14-40-28)9-3-4-13-37-15-16-38-17-18-39-20-26(35)36;1-13(15-6-8-16(9-7-15)19-14(2)25-12-31-19)26-21(29)18-10-17(28)11-27(18)22(30)20(24)23(3,4)5;/h6-7,10-15,29,33-34,38,42,46,61-62H,8-9,16-28,30-32H2,1-5H3,(H2,52,57)(H,54,64)(H,55,63);1-2,5-6,19,34H,3-4,7-18,20-21H2,(H2,29,31)(H,35,36);6-9,12-13,17-18,20,28H,10-11,24H2,1-5H3,(H,26,29);1H/t34-,38+,42-,46+;;13-,17+,18-,20+;/m0.0./s1. The lowest BCUT2D eigenvalue weighted by molar-refractivity contribution is -0.144. The highest BCUT2D eigenvalue weighted by molar-refractivity contribution is 7.13. The van der Waals surface area contributed by atoms with Crippen LogP contribution in [0.5, 0.6) is 11.5 Å². The lowest BCUT2D eigenvalue weighted by Crippen LogP contribution is -2.58. The number of nitrogens with zero attached hydrogens (tertiary/aromatic N) is 12. The van der Waals surface area contributed by atoms with Crippen LogP contribution in [0.4, 0.5) is 23.0 Å².